The molecule has 0 spiro atoms. The molecule has 5 heteroatoms. The lowest BCUT2D eigenvalue weighted by Gasteiger charge is -2.34. The molecule has 122 valence electrons. The Bertz CT molecular complexity index is 916. The van der Waals surface area contributed by atoms with E-state index in [0.717, 1.165) is 23.0 Å². The summed E-state index contributed by atoms with van der Waals surface area (Å²) in [5, 5.41) is 1.87. The van der Waals surface area contributed by atoms with E-state index >= 15 is 0 Å². The molecule has 1 atom stereocenters. The summed E-state index contributed by atoms with van der Waals surface area (Å²) in [5.41, 5.74) is 1.58. The van der Waals surface area contributed by atoms with E-state index in [1.54, 1.807) is 7.11 Å². The Balaban J connectivity index is 1.74. The van der Waals surface area contributed by atoms with Crippen LogP contribution in [0.5, 0.6) is 5.88 Å². The van der Waals surface area contributed by atoms with Gasteiger partial charge in [-0.1, -0.05) is 18.2 Å². The minimum absolute atomic E-state index is 0.0283. The Kier molecular flexibility index (Phi) is 3.49. The standard InChI is InChI=1S/C19H19N3O2/c1-13-17-8-5-9-21(17)10-11-22(13)19(23)16-12-14-6-3-4-7-15(14)18(20-16)24-2/h3-9,12-13H,10-11H2,1-2H3/t13-/m0/s1. The highest BCUT2D eigenvalue weighted by Crippen LogP contribution is 2.29. The summed E-state index contributed by atoms with van der Waals surface area (Å²) in [6, 6.07) is 13.8. The van der Waals surface area contributed by atoms with Gasteiger partial charge >= 0.3 is 0 Å². The molecular weight excluding hydrogens is 302 g/mol. The van der Waals surface area contributed by atoms with Gasteiger partial charge in [0.1, 0.15) is 5.69 Å². The van der Waals surface area contributed by atoms with Gasteiger partial charge in [0, 0.05) is 30.4 Å². The van der Waals surface area contributed by atoms with Crippen LogP contribution in [0, 0.1) is 0 Å². The Morgan fingerprint density at radius 1 is 1.21 bits per heavy atom. The van der Waals surface area contributed by atoms with Crippen LogP contribution >= 0.6 is 0 Å². The molecule has 0 bridgehead atoms. The van der Waals surface area contributed by atoms with Gasteiger partial charge in [-0.05, 0) is 36.6 Å². The average molecular weight is 321 g/mol. The topological polar surface area (TPSA) is 47.4 Å². The lowest BCUT2D eigenvalue weighted by atomic mass is 10.1. The van der Waals surface area contributed by atoms with Crippen LogP contribution in [0.1, 0.15) is 29.1 Å². The van der Waals surface area contributed by atoms with Crippen LogP contribution < -0.4 is 4.74 Å². The Morgan fingerprint density at radius 3 is 2.88 bits per heavy atom. The number of aromatic nitrogens is 2. The Labute approximate surface area is 140 Å². The van der Waals surface area contributed by atoms with Gasteiger partial charge in [0.25, 0.3) is 5.91 Å². The van der Waals surface area contributed by atoms with E-state index in [4.69, 9.17) is 4.74 Å². The minimum Gasteiger partial charge on any atom is -0.481 e. The van der Waals surface area contributed by atoms with E-state index in [9.17, 15) is 4.79 Å². The molecule has 3 aromatic rings. The molecule has 1 amide bonds. The van der Waals surface area contributed by atoms with Crippen LogP contribution in [0.15, 0.2) is 48.7 Å². The monoisotopic (exact) mass is 321 g/mol. The molecule has 0 radical (unpaired) electrons. The molecule has 1 aromatic carbocycles. The fourth-order valence-corrected chi connectivity index (χ4v) is 3.44. The maximum atomic E-state index is 13.1. The third-order valence-electron chi connectivity index (χ3n) is 4.72. The second-order valence-electron chi connectivity index (χ2n) is 6.04. The molecule has 0 N–H and O–H groups in total. The minimum atomic E-state index is -0.0565. The number of hydrogen-bond acceptors (Lipinski definition) is 3. The maximum absolute atomic E-state index is 13.1. The van der Waals surface area contributed by atoms with Gasteiger partial charge in [0.05, 0.1) is 13.2 Å². The zero-order chi connectivity index (χ0) is 16.7. The molecular formula is C19H19N3O2. The van der Waals surface area contributed by atoms with Gasteiger partial charge in [-0.3, -0.25) is 4.79 Å². The summed E-state index contributed by atoms with van der Waals surface area (Å²) in [6.45, 7) is 3.54. The molecule has 1 aliphatic rings. The number of methoxy groups -OCH3 is 1. The molecule has 24 heavy (non-hydrogen) atoms. The Hall–Kier alpha value is -2.82. The van der Waals surface area contributed by atoms with Crippen LogP contribution in [0.2, 0.25) is 0 Å². The third-order valence-corrected chi connectivity index (χ3v) is 4.72. The summed E-state index contributed by atoms with van der Waals surface area (Å²) in [7, 11) is 1.58. The van der Waals surface area contributed by atoms with E-state index in [1.807, 2.05) is 41.3 Å². The van der Waals surface area contributed by atoms with Gasteiger partial charge in [-0.2, -0.15) is 0 Å². The number of benzene rings is 1. The molecule has 4 rings (SSSR count). The molecule has 3 heterocycles. The maximum Gasteiger partial charge on any atom is 0.273 e. The number of pyridine rings is 1. The number of hydrogen-bond donors (Lipinski definition) is 0. The number of ether oxygens (including phenoxy) is 1. The molecule has 1 aliphatic heterocycles. The number of nitrogens with zero attached hydrogens (tertiary/aromatic N) is 3. The average Bonchev–Trinajstić information content (AvgIpc) is 3.10. The van der Waals surface area contributed by atoms with Gasteiger partial charge in [-0.25, -0.2) is 4.98 Å². The quantitative estimate of drug-likeness (QED) is 0.728. The predicted molar refractivity (Wildman–Crippen MR) is 92.2 cm³/mol. The summed E-state index contributed by atoms with van der Waals surface area (Å²) in [5.74, 6) is 0.434. The molecule has 0 unspecified atom stereocenters. The van der Waals surface area contributed by atoms with Crippen molar-refractivity contribution in [2.75, 3.05) is 13.7 Å². The fourth-order valence-electron chi connectivity index (χ4n) is 3.44. The van der Waals surface area contributed by atoms with Crippen molar-refractivity contribution >= 4 is 16.7 Å². The first kappa shape index (κ1) is 14.8. The molecule has 0 aliphatic carbocycles. The van der Waals surface area contributed by atoms with Crippen molar-refractivity contribution in [1.29, 1.82) is 0 Å². The third kappa shape index (κ3) is 2.24. The van der Waals surface area contributed by atoms with Crippen LogP contribution in [0.3, 0.4) is 0 Å². The van der Waals surface area contributed by atoms with Crippen LogP contribution in [-0.4, -0.2) is 34.0 Å². The van der Waals surface area contributed by atoms with E-state index in [0.29, 0.717) is 18.1 Å². The number of rotatable bonds is 2. The summed E-state index contributed by atoms with van der Waals surface area (Å²) < 4.78 is 7.59. The zero-order valence-electron chi connectivity index (χ0n) is 13.8. The normalized spacial score (nSPS) is 16.9. The lowest BCUT2D eigenvalue weighted by molar-refractivity contribution is 0.0637. The van der Waals surface area contributed by atoms with Crippen molar-refractivity contribution in [1.82, 2.24) is 14.5 Å². The number of fused-ring (bicyclic) bond motifs is 2. The van der Waals surface area contributed by atoms with Gasteiger partial charge in [0.15, 0.2) is 0 Å². The Morgan fingerprint density at radius 2 is 2.04 bits per heavy atom. The van der Waals surface area contributed by atoms with Gasteiger partial charge in [-0.15, -0.1) is 0 Å². The molecule has 2 aromatic heterocycles. The number of amides is 1. The number of carbonyl (C=O) groups excluding carboxylic acids is 1. The highest BCUT2D eigenvalue weighted by molar-refractivity contribution is 5.98. The van der Waals surface area contributed by atoms with Crippen molar-refractivity contribution in [3.8, 4) is 5.88 Å². The van der Waals surface area contributed by atoms with Crippen LogP contribution in [-0.2, 0) is 6.54 Å². The van der Waals surface area contributed by atoms with E-state index in [-0.39, 0.29) is 11.9 Å². The smallest absolute Gasteiger partial charge is 0.273 e. The van der Waals surface area contributed by atoms with Crippen LogP contribution in [0.4, 0.5) is 0 Å². The van der Waals surface area contributed by atoms with Gasteiger partial charge < -0.3 is 14.2 Å². The first-order valence-corrected chi connectivity index (χ1v) is 8.09. The number of carbonyl (C=O) groups is 1. The predicted octanol–water partition coefficient (Wildman–Crippen LogP) is 3.26. The highest BCUT2D eigenvalue weighted by Gasteiger charge is 2.29. The van der Waals surface area contributed by atoms with E-state index in [1.165, 1.54) is 0 Å². The largest absolute Gasteiger partial charge is 0.481 e. The van der Waals surface area contributed by atoms with Gasteiger partial charge in [0.2, 0.25) is 5.88 Å². The lowest BCUT2D eigenvalue weighted by Crippen LogP contribution is -2.41. The van der Waals surface area contributed by atoms with Crippen molar-refractivity contribution in [3.63, 3.8) is 0 Å². The summed E-state index contributed by atoms with van der Waals surface area (Å²) >= 11 is 0. The molecule has 0 saturated carbocycles. The van der Waals surface area contributed by atoms with E-state index < -0.39 is 0 Å². The fraction of sp³-hybridized carbons (Fsp3) is 0.263. The second-order valence-corrected chi connectivity index (χ2v) is 6.04. The van der Waals surface area contributed by atoms with Crippen molar-refractivity contribution in [2.45, 2.75) is 19.5 Å². The molecule has 0 saturated heterocycles. The summed E-state index contributed by atoms with van der Waals surface area (Å²) in [4.78, 5) is 19.4. The molecule has 0 fully saturated rings. The van der Waals surface area contributed by atoms with Crippen molar-refractivity contribution in [2.24, 2.45) is 0 Å². The molecule has 5 nitrogen and oxygen atoms in total. The highest BCUT2D eigenvalue weighted by atomic mass is 16.5. The first-order chi connectivity index (χ1) is 11.7. The summed E-state index contributed by atoms with van der Waals surface area (Å²) in [6.07, 6.45) is 2.06. The zero-order valence-corrected chi connectivity index (χ0v) is 13.8. The first-order valence-electron chi connectivity index (χ1n) is 8.09. The van der Waals surface area contributed by atoms with E-state index in [2.05, 4.69) is 28.7 Å². The van der Waals surface area contributed by atoms with Crippen LogP contribution in [0.25, 0.3) is 10.8 Å². The van der Waals surface area contributed by atoms with Crippen molar-refractivity contribution in [3.05, 3.63) is 60.0 Å². The van der Waals surface area contributed by atoms with Crippen molar-refractivity contribution < 1.29 is 9.53 Å². The second kappa shape index (κ2) is 5.67. The SMILES string of the molecule is COc1nc(C(=O)N2CCn3cccc3[C@@H]2C)cc2ccccc12.